The maximum Gasteiger partial charge on any atom is 0.243 e. The Bertz CT molecular complexity index is 375. The Morgan fingerprint density at radius 1 is 1.25 bits per heavy atom. The number of hydroxylamine groups is 1. The lowest BCUT2D eigenvalue weighted by molar-refractivity contribution is -0.131. The SMILES string of the molecule is CONC(=O)CCC(=O)c1ccc(F)cc1. The Morgan fingerprint density at radius 2 is 1.88 bits per heavy atom. The first kappa shape index (κ1) is 12.3. The summed E-state index contributed by atoms with van der Waals surface area (Å²) in [5.74, 6) is -0.960. The van der Waals surface area contributed by atoms with Crippen LogP contribution < -0.4 is 5.48 Å². The van der Waals surface area contributed by atoms with Gasteiger partial charge < -0.3 is 0 Å². The molecule has 86 valence electrons. The van der Waals surface area contributed by atoms with Gasteiger partial charge in [0, 0.05) is 18.4 Å². The van der Waals surface area contributed by atoms with E-state index in [0.29, 0.717) is 5.56 Å². The predicted molar refractivity (Wildman–Crippen MR) is 55.1 cm³/mol. The number of ketones is 1. The molecule has 0 unspecified atom stereocenters. The molecular formula is C11H12FNO3. The summed E-state index contributed by atoms with van der Waals surface area (Å²) in [5, 5.41) is 0. The summed E-state index contributed by atoms with van der Waals surface area (Å²) >= 11 is 0. The fourth-order valence-electron chi connectivity index (χ4n) is 1.17. The maximum atomic E-state index is 12.6. The topological polar surface area (TPSA) is 55.4 Å². The van der Waals surface area contributed by atoms with Gasteiger partial charge in [0.05, 0.1) is 7.11 Å². The third-order valence-electron chi connectivity index (χ3n) is 1.96. The maximum absolute atomic E-state index is 12.6. The Kier molecular flexibility index (Phi) is 4.60. The molecule has 0 fully saturated rings. The zero-order chi connectivity index (χ0) is 12.0. The van der Waals surface area contributed by atoms with Gasteiger partial charge in [-0.05, 0) is 24.3 Å². The van der Waals surface area contributed by atoms with Gasteiger partial charge in [0.2, 0.25) is 5.91 Å². The lowest BCUT2D eigenvalue weighted by Crippen LogP contribution is -2.22. The summed E-state index contributed by atoms with van der Waals surface area (Å²) in [5.41, 5.74) is 2.51. The van der Waals surface area contributed by atoms with Gasteiger partial charge in [-0.3, -0.25) is 14.4 Å². The molecule has 0 spiro atoms. The first-order valence-corrected chi connectivity index (χ1v) is 4.74. The molecule has 0 saturated carbocycles. The highest BCUT2D eigenvalue weighted by atomic mass is 19.1. The lowest BCUT2D eigenvalue weighted by atomic mass is 10.1. The first-order chi connectivity index (χ1) is 7.63. The molecule has 0 heterocycles. The first-order valence-electron chi connectivity index (χ1n) is 4.74. The second kappa shape index (κ2) is 5.97. The molecule has 0 atom stereocenters. The van der Waals surface area contributed by atoms with Crippen molar-refractivity contribution >= 4 is 11.7 Å². The van der Waals surface area contributed by atoms with E-state index in [9.17, 15) is 14.0 Å². The van der Waals surface area contributed by atoms with E-state index >= 15 is 0 Å². The van der Waals surface area contributed by atoms with Crippen LogP contribution in [-0.4, -0.2) is 18.8 Å². The number of Topliss-reactive ketones (excluding diaryl/α,β-unsaturated/α-hetero) is 1. The van der Waals surface area contributed by atoms with Gasteiger partial charge in [0.1, 0.15) is 5.82 Å². The number of hydrogen-bond donors (Lipinski definition) is 1. The molecule has 1 rings (SSSR count). The van der Waals surface area contributed by atoms with E-state index in [1.165, 1.54) is 31.4 Å². The van der Waals surface area contributed by atoms with Gasteiger partial charge in [-0.1, -0.05) is 0 Å². The Hall–Kier alpha value is -1.75. The number of amides is 1. The number of carbonyl (C=O) groups is 2. The number of benzene rings is 1. The predicted octanol–water partition coefficient (Wildman–Crippen LogP) is 1.47. The van der Waals surface area contributed by atoms with Crippen molar-refractivity contribution in [2.75, 3.05) is 7.11 Å². The van der Waals surface area contributed by atoms with Crippen molar-refractivity contribution in [3.05, 3.63) is 35.6 Å². The van der Waals surface area contributed by atoms with E-state index < -0.39 is 5.82 Å². The fourth-order valence-corrected chi connectivity index (χ4v) is 1.17. The molecule has 4 nitrogen and oxygen atoms in total. The van der Waals surface area contributed by atoms with E-state index in [0.717, 1.165) is 0 Å². The summed E-state index contributed by atoms with van der Waals surface area (Å²) < 4.78 is 12.6. The summed E-state index contributed by atoms with van der Waals surface area (Å²) in [6, 6.07) is 5.21. The zero-order valence-corrected chi connectivity index (χ0v) is 8.83. The molecular weight excluding hydrogens is 213 g/mol. The van der Waals surface area contributed by atoms with Crippen molar-refractivity contribution in [2.45, 2.75) is 12.8 Å². The molecule has 1 amide bonds. The number of nitrogens with one attached hydrogen (secondary N) is 1. The number of halogens is 1. The molecule has 0 saturated heterocycles. The van der Waals surface area contributed by atoms with Gasteiger partial charge in [-0.2, -0.15) is 0 Å². The third kappa shape index (κ3) is 3.78. The largest absolute Gasteiger partial charge is 0.294 e. The van der Waals surface area contributed by atoms with Crippen molar-refractivity contribution in [1.82, 2.24) is 5.48 Å². The normalized spacial score (nSPS) is 9.88. The minimum Gasteiger partial charge on any atom is -0.294 e. The van der Waals surface area contributed by atoms with Crippen LogP contribution in [0.5, 0.6) is 0 Å². The molecule has 0 aliphatic carbocycles. The second-order valence-corrected chi connectivity index (χ2v) is 3.16. The van der Waals surface area contributed by atoms with Gasteiger partial charge >= 0.3 is 0 Å². The van der Waals surface area contributed by atoms with Crippen LogP contribution in [0, 0.1) is 5.82 Å². The third-order valence-corrected chi connectivity index (χ3v) is 1.96. The molecule has 0 aliphatic rings. The molecule has 0 aromatic heterocycles. The molecule has 0 aliphatic heterocycles. The van der Waals surface area contributed by atoms with Gasteiger partial charge in [0.15, 0.2) is 5.78 Å². The lowest BCUT2D eigenvalue weighted by Gasteiger charge is -2.02. The molecule has 1 N–H and O–H groups in total. The van der Waals surface area contributed by atoms with Crippen LogP contribution in [0.2, 0.25) is 0 Å². The summed E-state index contributed by atoms with van der Waals surface area (Å²) in [6.45, 7) is 0. The van der Waals surface area contributed by atoms with Gasteiger partial charge in [-0.25, -0.2) is 9.87 Å². The summed E-state index contributed by atoms with van der Waals surface area (Å²) in [7, 11) is 1.32. The van der Waals surface area contributed by atoms with E-state index in [1.54, 1.807) is 0 Å². The molecule has 5 heteroatoms. The number of rotatable bonds is 5. The van der Waals surface area contributed by atoms with Gasteiger partial charge in [0.25, 0.3) is 0 Å². The highest BCUT2D eigenvalue weighted by Gasteiger charge is 2.08. The van der Waals surface area contributed by atoms with Crippen molar-refractivity contribution in [3.63, 3.8) is 0 Å². The minimum atomic E-state index is -0.395. The summed E-state index contributed by atoms with van der Waals surface area (Å²) in [4.78, 5) is 26.9. The Morgan fingerprint density at radius 3 is 2.44 bits per heavy atom. The second-order valence-electron chi connectivity index (χ2n) is 3.16. The van der Waals surface area contributed by atoms with Crippen molar-refractivity contribution < 1.29 is 18.8 Å². The fraction of sp³-hybridized carbons (Fsp3) is 0.273. The molecule has 16 heavy (non-hydrogen) atoms. The van der Waals surface area contributed by atoms with Crippen LogP contribution in [0.15, 0.2) is 24.3 Å². The van der Waals surface area contributed by atoms with E-state index in [-0.39, 0.29) is 24.5 Å². The van der Waals surface area contributed by atoms with E-state index in [1.807, 2.05) is 0 Å². The van der Waals surface area contributed by atoms with E-state index in [2.05, 4.69) is 10.3 Å². The van der Waals surface area contributed by atoms with Crippen molar-refractivity contribution in [2.24, 2.45) is 0 Å². The van der Waals surface area contributed by atoms with Crippen molar-refractivity contribution in [3.8, 4) is 0 Å². The van der Waals surface area contributed by atoms with Crippen LogP contribution in [-0.2, 0) is 9.63 Å². The highest BCUT2D eigenvalue weighted by molar-refractivity contribution is 5.97. The molecule has 0 bridgehead atoms. The van der Waals surface area contributed by atoms with Crippen LogP contribution in [0.25, 0.3) is 0 Å². The Balaban J connectivity index is 2.47. The molecule has 1 aromatic carbocycles. The zero-order valence-electron chi connectivity index (χ0n) is 8.83. The minimum absolute atomic E-state index is 0.0457. The van der Waals surface area contributed by atoms with E-state index in [4.69, 9.17) is 0 Å². The monoisotopic (exact) mass is 225 g/mol. The molecule has 1 aromatic rings. The quantitative estimate of drug-likeness (QED) is 0.609. The van der Waals surface area contributed by atoms with Crippen LogP contribution in [0.1, 0.15) is 23.2 Å². The van der Waals surface area contributed by atoms with Crippen LogP contribution in [0.3, 0.4) is 0 Å². The Labute approximate surface area is 92.4 Å². The summed E-state index contributed by atoms with van der Waals surface area (Å²) in [6.07, 6.45) is 0.116. The average Bonchev–Trinajstić information content (AvgIpc) is 2.27. The number of carbonyl (C=O) groups excluding carboxylic acids is 2. The number of hydrogen-bond acceptors (Lipinski definition) is 3. The smallest absolute Gasteiger partial charge is 0.243 e. The van der Waals surface area contributed by atoms with Crippen molar-refractivity contribution in [1.29, 1.82) is 0 Å². The highest BCUT2D eigenvalue weighted by Crippen LogP contribution is 2.07. The standard InChI is InChI=1S/C11H12FNO3/c1-16-13-11(15)7-6-10(14)8-2-4-9(12)5-3-8/h2-5H,6-7H2,1H3,(H,13,15). The van der Waals surface area contributed by atoms with Crippen LogP contribution in [0.4, 0.5) is 4.39 Å². The average molecular weight is 225 g/mol. The van der Waals surface area contributed by atoms with Crippen LogP contribution >= 0.6 is 0 Å². The molecule has 0 radical (unpaired) electrons. The van der Waals surface area contributed by atoms with Gasteiger partial charge in [-0.15, -0.1) is 0 Å².